The molecule has 0 aliphatic rings. The standard InChI is InChI=1S/C22H20N2O6/c1-15-20(6-3-7-21(15)24(27)28)23-13-16-8-10-17(11-9-16)30-19-5-2-4-18(12-19)29-14-22(25)26/h2-12,23H,13-14H2,1H3,(H,25,26). The predicted octanol–water partition coefficient (Wildman–Crippen LogP) is 4.77. The Kier molecular flexibility index (Phi) is 6.49. The Morgan fingerprint density at radius 1 is 1.03 bits per heavy atom. The molecule has 0 unspecified atom stereocenters. The maximum Gasteiger partial charge on any atom is 0.341 e. The Bertz CT molecular complexity index is 1050. The lowest BCUT2D eigenvalue weighted by Crippen LogP contribution is -2.09. The first-order valence-corrected chi connectivity index (χ1v) is 9.11. The first kappa shape index (κ1) is 20.7. The van der Waals surface area contributed by atoms with E-state index in [0.29, 0.717) is 35.0 Å². The van der Waals surface area contributed by atoms with Gasteiger partial charge in [-0.15, -0.1) is 0 Å². The minimum atomic E-state index is -1.05. The minimum Gasteiger partial charge on any atom is -0.482 e. The van der Waals surface area contributed by atoms with Crippen LogP contribution in [0.25, 0.3) is 0 Å². The number of aliphatic carboxylic acids is 1. The van der Waals surface area contributed by atoms with Crippen LogP contribution in [0.4, 0.5) is 11.4 Å². The molecule has 2 N–H and O–H groups in total. The number of anilines is 1. The Balaban J connectivity index is 1.61. The maximum absolute atomic E-state index is 11.1. The first-order chi connectivity index (χ1) is 14.4. The number of nitro groups is 1. The summed E-state index contributed by atoms with van der Waals surface area (Å²) in [6, 6.07) is 19.1. The summed E-state index contributed by atoms with van der Waals surface area (Å²) in [6.07, 6.45) is 0. The Hall–Kier alpha value is -4.07. The van der Waals surface area contributed by atoms with Crippen LogP contribution in [0.1, 0.15) is 11.1 Å². The molecule has 0 saturated carbocycles. The number of nitrogens with zero attached hydrogens (tertiary/aromatic N) is 1. The molecule has 3 rings (SSSR count). The van der Waals surface area contributed by atoms with Crippen LogP contribution >= 0.6 is 0 Å². The van der Waals surface area contributed by atoms with Crippen molar-refractivity contribution < 1.29 is 24.3 Å². The van der Waals surface area contributed by atoms with E-state index in [-0.39, 0.29) is 5.69 Å². The number of benzene rings is 3. The summed E-state index contributed by atoms with van der Waals surface area (Å²) in [7, 11) is 0. The Morgan fingerprint density at radius 3 is 2.43 bits per heavy atom. The van der Waals surface area contributed by atoms with E-state index in [1.54, 1.807) is 43.3 Å². The highest BCUT2D eigenvalue weighted by atomic mass is 16.6. The number of carboxylic acid groups (broad SMARTS) is 1. The van der Waals surface area contributed by atoms with E-state index >= 15 is 0 Å². The van der Waals surface area contributed by atoms with Gasteiger partial charge in [-0.2, -0.15) is 0 Å². The van der Waals surface area contributed by atoms with Crippen molar-refractivity contribution in [2.45, 2.75) is 13.5 Å². The number of ether oxygens (including phenoxy) is 2. The van der Waals surface area contributed by atoms with Crippen LogP contribution in [0.2, 0.25) is 0 Å². The van der Waals surface area contributed by atoms with Crippen molar-refractivity contribution in [2.75, 3.05) is 11.9 Å². The van der Waals surface area contributed by atoms with Crippen molar-refractivity contribution in [3.05, 3.63) is 88.0 Å². The molecule has 154 valence electrons. The molecule has 0 spiro atoms. The third-order valence-electron chi connectivity index (χ3n) is 4.31. The summed E-state index contributed by atoms with van der Waals surface area (Å²) in [5.74, 6) is 0.491. The average Bonchev–Trinajstić information content (AvgIpc) is 2.72. The molecule has 8 heteroatoms. The molecule has 0 atom stereocenters. The zero-order valence-corrected chi connectivity index (χ0v) is 16.2. The summed E-state index contributed by atoms with van der Waals surface area (Å²) >= 11 is 0. The molecular formula is C22H20N2O6. The zero-order valence-electron chi connectivity index (χ0n) is 16.2. The van der Waals surface area contributed by atoms with Crippen molar-refractivity contribution in [2.24, 2.45) is 0 Å². The van der Waals surface area contributed by atoms with E-state index in [1.165, 1.54) is 6.07 Å². The predicted molar refractivity (Wildman–Crippen MR) is 111 cm³/mol. The van der Waals surface area contributed by atoms with Gasteiger partial charge in [-0.25, -0.2) is 4.79 Å². The normalized spacial score (nSPS) is 10.3. The third-order valence-corrected chi connectivity index (χ3v) is 4.31. The van der Waals surface area contributed by atoms with Gasteiger partial charge in [-0.05, 0) is 42.8 Å². The summed E-state index contributed by atoms with van der Waals surface area (Å²) in [5.41, 5.74) is 2.36. The van der Waals surface area contributed by atoms with Gasteiger partial charge in [0.2, 0.25) is 0 Å². The molecule has 0 aliphatic carbocycles. The highest BCUT2D eigenvalue weighted by Crippen LogP contribution is 2.27. The second-order valence-corrected chi connectivity index (χ2v) is 6.46. The number of carbonyl (C=O) groups is 1. The highest BCUT2D eigenvalue weighted by Gasteiger charge is 2.12. The Morgan fingerprint density at radius 2 is 1.73 bits per heavy atom. The fourth-order valence-corrected chi connectivity index (χ4v) is 2.79. The van der Waals surface area contributed by atoms with Gasteiger partial charge >= 0.3 is 5.97 Å². The van der Waals surface area contributed by atoms with Gasteiger partial charge in [0.25, 0.3) is 5.69 Å². The average molecular weight is 408 g/mol. The first-order valence-electron chi connectivity index (χ1n) is 9.11. The van der Waals surface area contributed by atoms with Crippen LogP contribution in [-0.4, -0.2) is 22.6 Å². The van der Waals surface area contributed by atoms with Crippen LogP contribution in [0.15, 0.2) is 66.7 Å². The topological polar surface area (TPSA) is 111 Å². The van der Waals surface area contributed by atoms with Crippen LogP contribution in [0, 0.1) is 17.0 Å². The van der Waals surface area contributed by atoms with E-state index in [1.807, 2.05) is 24.3 Å². The number of hydrogen-bond acceptors (Lipinski definition) is 6. The lowest BCUT2D eigenvalue weighted by molar-refractivity contribution is -0.385. The lowest BCUT2D eigenvalue weighted by atomic mass is 10.1. The molecule has 0 saturated heterocycles. The molecule has 8 nitrogen and oxygen atoms in total. The van der Waals surface area contributed by atoms with Crippen molar-refractivity contribution >= 4 is 17.3 Å². The molecule has 0 fully saturated rings. The lowest BCUT2D eigenvalue weighted by Gasteiger charge is -2.11. The van der Waals surface area contributed by atoms with Gasteiger partial charge in [0.1, 0.15) is 17.2 Å². The van der Waals surface area contributed by atoms with Crippen molar-refractivity contribution in [1.29, 1.82) is 0 Å². The fraction of sp³-hybridized carbons (Fsp3) is 0.136. The molecule has 0 radical (unpaired) electrons. The summed E-state index contributed by atoms with van der Waals surface area (Å²) in [6.45, 7) is 1.79. The second-order valence-electron chi connectivity index (χ2n) is 6.46. The van der Waals surface area contributed by atoms with Gasteiger partial charge in [-0.3, -0.25) is 10.1 Å². The SMILES string of the molecule is Cc1c(NCc2ccc(Oc3cccc(OCC(=O)O)c3)cc2)cccc1[N+](=O)[O-]. The van der Waals surface area contributed by atoms with E-state index in [2.05, 4.69) is 5.32 Å². The third kappa shape index (κ3) is 5.48. The molecule has 0 aromatic heterocycles. The molecule has 3 aromatic rings. The Labute approximate surface area is 172 Å². The number of carboxylic acids is 1. The van der Waals surface area contributed by atoms with E-state index in [9.17, 15) is 14.9 Å². The second kappa shape index (κ2) is 9.42. The summed E-state index contributed by atoms with van der Waals surface area (Å²) < 4.78 is 10.9. The van der Waals surface area contributed by atoms with Crippen LogP contribution < -0.4 is 14.8 Å². The molecule has 0 amide bonds. The highest BCUT2D eigenvalue weighted by molar-refractivity contribution is 5.68. The number of nitrogens with one attached hydrogen (secondary N) is 1. The van der Waals surface area contributed by atoms with E-state index < -0.39 is 17.5 Å². The van der Waals surface area contributed by atoms with Crippen LogP contribution in [0.5, 0.6) is 17.2 Å². The van der Waals surface area contributed by atoms with Crippen LogP contribution in [0.3, 0.4) is 0 Å². The maximum atomic E-state index is 11.1. The minimum absolute atomic E-state index is 0.0818. The smallest absolute Gasteiger partial charge is 0.341 e. The zero-order chi connectivity index (χ0) is 21.5. The summed E-state index contributed by atoms with van der Waals surface area (Å²) in [4.78, 5) is 21.3. The van der Waals surface area contributed by atoms with Crippen molar-refractivity contribution in [3.63, 3.8) is 0 Å². The fourth-order valence-electron chi connectivity index (χ4n) is 2.79. The monoisotopic (exact) mass is 408 g/mol. The van der Waals surface area contributed by atoms with Crippen molar-refractivity contribution in [3.8, 4) is 17.2 Å². The van der Waals surface area contributed by atoms with Gasteiger partial charge in [0.15, 0.2) is 6.61 Å². The number of nitro benzene ring substituents is 1. The molecule has 0 aliphatic heterocycles. The van der Waals surface area contributed by atoms with E-state index in [0.717, 1.165) is 5.56 Å². The van der Waals surface area contributed by atoms with Crippen LogP contribution in [-0.2, 0) is 11.3 Å². The van der Waals surface area contributed by atoms with Gasteiger partial charge in [0.05, 0.1) is 4.92 Å². The van der Waals surface area contributed by atoms with E-state index in [4.69, 9.17) is 14.6 Å². The van der Waals surface area contributed by atoms with Gasteiger partial charge < -0.3 is 19.9 Å². The van der Waals surface area contributed by atoms with Crippen molar-refractivity contribution in [1.82, 2.24) is 0 Å². The largest absolute Gasteiger partial charge is 0.482 e. The molecule has 0 bridgehead atoms. The number of hydrogen-bond donors (Lipinski definition) is 2. The number of rotatable bonds is 9. The molecule has 0 heterocycles. The summed E-state index contributed by atoms with van der Waals surface area (Å²) in [5, 5.41) is 23.0. The molecular weight excluding hydrogens is 388 g/mol. The van der Waals surface area contributed by atoms with Gasteiger partial charge in [-0.1, -0.05) is 24.3 Å². The quantitative estimate of drug-likeness (QED) is 0.387. The molecule has 3 aromatic carbocycles. The molecule has 30 heavy (non-hydrogen) atoms. The van der Waals surface area contributed by atoms with Gasteiger partial charge in [0, 0.05) is 29.9 Å².